The minimum atomic E-state index is -0.123. The first-order valence-corrected chi connectivity index (χ1v) is 12.8. The highest BCUT2D eigenvalue weighted by Crippen LogP contribution is 2.34. The number of hydrogen-bond donors (Lipinski definition) is 2. The van der Waals surface area contributed by atoms with Crippen LogP contribution in [0.3, 0.4) is 0 Å². The summed E-state index contributed by atoms with van der Waals surface area (Å²) in [6.07, 6.45) is 2.37. The molecule has 3 aliphatic heterocycles. The van der Waals surface area contributed by atoms with Crippen molar-refractivity contribution in [1.29, 1.82) is 0 Å². The summed E-state index contributed by atoms with van der Waals surface area (Å²) >= 11 is 0. The summed E-state index contributed by atoms with van der Waals surface area (Å²) in [5.74, 6) is 0.700. The largest absolute Gasteiger partial charge is 0.492 e. The van der Waals surface area contributed by atoms with Gasteiger partial charge in [0.2, 0.25) is 5.91 Å². The first-order chi connectivity index (χ1) is 17.6. The van der Waals surface area contributed by atoms with Crippen molar-refractivity contribution in [2.45, 2.75) is 31.4 Å². The molecule has 0 bridgehead atoms. The van der Waals surface area contributed by atoms with Crippen LogP contribution in [-0.2, 0) is 9.53 Å². The van der Waals surface area contributed by atoms with Gasteiger partial charge in [0, 0.05) is 32.7 Å². The van der Waals surface area contributed by atoms with Gasteiger partial charge in [-0.15, -0.1) is 0 Å². The Morgan fingerprint density at radius 3 is 2.58 bits per heavy atom. The number of nitrogens with one attached hydrogen (secondary N) is 1. The average Bonchev–Trinajstić information content (AvgIpc) is 2.92. The molecule has 0 unspecified atom stereocenters. The lowest BCUT2D eigenvalue weighted by atomic mass is 9.88. The van der Waals surface area contributed by atoms with E-state index in [2.05, 4.69) is 41.7 Å². The van der Waals surface area contributed by atoms with E-state index in [1.165, 1.54) is 16.7 Å². The lowest BCUT2D eigenvalue weighted by Crippen LogP contribution is -2.62. The van der Waals surface area contributed by atoms with Gasteiger partial charge in [0.15, 0.2) is 0 Å². The van der Waals surface area contributed by atoms with Crippen LogP contribution in [0.1, 0.15) is 30.4 Å². The van der Waals surface area contributed by atoms with Crippen molar-refractivity contribution >= 4 is 17.5 Å². The van der Waals surface area contributed by atoms with Crippen LogP contribution in [-0.4, -0.2) is 79.8 Å². The Balaban J connectivity index is 1.31. The second kappa shape index (κ2) is 11.1. The highest BCUT2D eigenvalue weighted by atomic mass is 16.5. The van der Waals surface area contributed by atoms with E-state index < -0.39 is 0 Å². The van der Waals surface area contributed by atoms with Gasteiger partial charge in [0.25, 0.3) is 0 Å². The smallest absolute Gasteiger partial charge is 0.320 e. The van der Waals surface area contributed by atoms with Gasteiger partial charge in [0.1, 0.15) is 19.0 Å². The van der Waals surface area contributed by atoms with Crippen molar-refractivity contribution in [3.05, 3.63) is 71.3 Å². The third kappa shape index (κ3) is 5.39. The third-order valence-electron chi connectivity index (χ3n) is 7.16. The highest BCUT2D eigenvalue weighted by molar-refractivity contribution is 5.83. The van der Waals surface area contributed by atoms with Gasteiger partial charge < -0.3 is 30.3 Å². The molecule has 0 spiro atoms. The van der Waals surface area contributed by atoms with E-state index in [0.29, 0.717) is 39.3 Å². The molecule has 0 aromatic heterocycles. The van der Waals surface area contributed by atoms with Crippen LogP contribution < -0.4 is 15.8 Å². The van der Waals surface area contributed by atoms with Crippen LogP contribution >= 0.6 is 0 Å². The lowest BCUT2D eigenvalue weighted by molar-refractivity contribution is -0.139. The molecule has 2 atom stereocenters. The number of carbonyl (C=O) groups is 2. The minimum absolute atomic E-state index is 0.000618. The van der Waals surface area contributed by atoms with Gasteiger partial charge in [-0.3, -0.25) is 4.79 Å². The van der Waals surface area contributed by atoms with Crippen molar-refractivity contribution in [3.63, 3.8) is 0 Å². The zero-order valence-corrected chi connectivity index (χ0v) is 20.5. The molecule has 3 N–H and O–H groups in total. The van der Waals surface area contributed by atoms with Crippen molar-refractivity contribution in [2.24, 2.45) is 5.73 Å². The first kappa shape index (κ1) is 24.3. The van der Waals surface area contributed by atoms with Crippen LogP contribution in [0.2, 0.25) is 0 Å². The Morgan fingerprint density at radius 1 is 1.03 bits per heavy atom. The van der Waals surface area contributed by atoms with Crippen LogP contribution in [0.25, 0.3) is 5.57 Å². The van der Waals surface area contributed by atoms with Crippen LogP contribution in [0, 0.1) is 0 Å². The van der Waals surface area contributed by atoms with Crippen molar-refractivity contribution in [2.75, 3.05) is 45.9 Å². The van der Waals surface area contributed by atoms with E-state index in [0.717, 1.165) is 30.6 Å². The second-order valence-corrected chi connectivity index (χ2v) is 9.54. The number of hydrogen-bond acceptors (Lipinski definition) is 5. The molecule has 0 radical (unpaired) electrons. The number of benzene rings is 2. The maximum atomic E-state index is 13.3. The number of fused-ring (bicyclic) bond motifs is 1. The molecular weight excluding hydrogens is 456 g/mol. The van der Waals surface area contributed by atoms with Gasteiger partial charge in [-0.1, -0.05) is 48.0 Å². The lowest BCUT2D eigenvalue weighted by Gasteiger charge is -2.43. The number of amides is 3. The molecule has 3 amide bonds. The fourth-order valence-electron chi connectivity index (χ4n) is 5.39. The van der Waals surface area contributed by atoms with E-state index in [4.69, 9.17) is 15.2 Å². The number of carbonyl (C=O) groups excluding carboxylic acids is 2. The zero-order chi connectivity index (χ0) is 24.9. The Kier molecular flexibility index (Phi) is 7.53. The van der Waals surface area contributed by atoms with Crippen LogP contribution in [0.5, 0.6) is 5.75 Å². The molecule has 36 heavy (non-hydrogen) atoms. The number of morpholine rings is 1. The summed E-state index contributed by atoms with van der Waals surface area (Å²) in [5, 5.41) is 2.98. The summed E-state index contributed by atoms with van der Waals surface area (Å²) in [6.45, 7) is 3.55. The van der Waals surface area contributed by atoms with Crippen molar-refractivity contribution in [3.8, 4) is 5.75 Å². The monoisotopic (exact) mass is 490 g/mol. The van der Waals surface area contributed by atoms with Crippen LogP contribution in [0.4, 0.5) is 4.79 Å². The van der Waals surface area contributed by atoms with Gasteiger partial charge in [0.05, 0.1) is 12.1 Å². The topological polar surface area (TPSA) is 97.1 Å². The summed E-state index contributed by atoms with van der Waals surface area (Å²) in [6, 6.07) is 18.5. The van der Waals surface area contributed by atoms with Crippen molar-refractivity contribution < 1.29 is 19.1 Å². The zero-order valence-electron chi connectivity index (χ0n) is 20.5. The number of rotatable bonds is 5. The van der Waals surface area contributed by atoms with E-state index >= 15 is 0 Å². The number of likely N-dealkylation sites (tertiary alicyclic amines) is 2. The fraction of sp³-hybridized carbons (Fsp3) is 0.429. The molecule has 3 aliphatic rings. The van der Waals surface area contributed by atoms with E-state index in [1.54, 1.807) is 0 Å². The van der Waals surface area contributed by atoms with Crippen LogP contribution in [0.15, 0.2) is 60.2 Å². The predicted molar refractivity (Wildman–Crippen MR) is 138 cm³/mol. The Labute approximate surface area is 212 Å². The highest BCUT2D eigenvalue weighted by Gasteiger charge is 2.37. The van der Waals surface area contributed by atoms with Crippen molar-refractivity contribution in [1.82, 2.24) is 15.1 Å². The van der Waals surface area contributed by atoms with Gasteiger partial charge >= 0.3 is 6.03 Å². The third-order valence-corrected chi connectivity index (χ3v) is 7.16. The van der Waals surface area contributed by atoms with E-state index in [9.17, 15) is 9.59 Å². The molecule has 5 rings (SSSR count). The Hall–Kier alpha value is -3.36. The summed E-state index contributed by atoms with van der Waals surface area (Å²) in [7, 11) is 0. The molecule has 8 heteroatoms. The second-order valence-electron chi connectivity index (χ2n) is 9.54. The summed E-state index contributed by atoms with van der Waals surface area (Å²) < 4.78 is 11.4. The van der Waals surface area contributed by atoms with Gasteiger partial charge in [-0.05, 0) is 48.1 Å². The SMILES string of the molecule is NCCOc1cccc(C(=C2CCN(C(=O)N3CC[C@@H]4OCC(=O)N[C@@H]4C3)CC2)c2ccccc2)c1. The molecule has 2 aromatic carbocycles. The molecular formula is C28H34N4O4. The number of nitrogens with zero attached hydrogens (tertiary/aromatic N) is 2. The van der Waals surface area contributed by atoms with Gasteiger partial charge in [-0.2, -0.15) is 0 Å². The molecule has 2 aromatic rings. The quantitative estimate of drug-likeness (QED) is 0.672. The molecule has 0 saturated carbocycles. The summed E-state index contributed by atoms with van der Waals surface area (Å²) in [5.41, 5.74) is 10.4. The average molecular weight is 491 g/mol. The number of piperidine rings is 2. The number of ether oxygens (including phenoxy) is 2. The standard InChI is InChI=1S/C28H34N4O4/c29-12-16-35-23-8-4-7-22(17-23)27(20-5-2-1-3-6-20)21-9-13-31(14-10-21)28(34)32-15-11-25-24(18-32)30-26(33)19-36-25/h1-8,17,24-25H,9-16,18-19,29H2,(H,30,33)/t24-,25+/m1/s1. The molecule has 8 nitrogen and oxygen atoms in total. The first-order valence-electron chi connectivity index (χ1n) is 12.8. The molecule has 0 aliphatic carbocycles. The maximum absolute atomic E-state index is 13.3. The Bertz CT molecular complexity index is 1110. The maximum Gasteiger partial charge on any atom is 0.320 e. The van der Waals surface area contributed by atoms with E-state index in [1.807, 2.05) is 28.0 Å². The Morgan fingerprint density at radius 2 is 1.81 bits per heavy atom. The minimum Gasteiger partial charge on any atom is -0.492 e. The predicted octanol–water partition coefficient (Wildman–Crippen LogP) is 2.63. The van der Waals surface area contributed by atoms with E-state index in [-0.39, 0.29) is 30.7 Å². The number of urea groups is 1. The summed E-state index contributed by atoms with van der Waals surface area (Å²) in [4.78, 5) is 28.9. The molecule has 3 heterocycles. The molecule has 3 saturated heterocycles. The van der Waals surface area contributed by atoms with Gasteiger partial charge in [-0.25, -0.2) is 4.79 Å². The molecule has 3 fully saturated rings. The number of nitrogens with two attached hydrogens (primary N) is 1. The molecule has 190 valence electrons. The fourth-order valence-corrected chi connectivity index (χ4v) is 5.39. The normalized spacial score (nSPS) is 22.0.